The zero-order chi connectivity index (χ0) is 7.56. The first kappa shape index (κ1) is 7.21. The molecule has 2 N–H and O–H groups in total. The Morgan fingerprint density at radius 1 is 1.60 bits per heavy atom. The molecule has 0 aliphatic rings. The molecule has 0 unspecified atom stereocenters. The molecule has 0 aromatic carbocycles. The summed E-state index contributed by atoms with van der Waals surface area (Å²) in [6, 6.07) is 0. The fourth-order valence-corrected chi connectivity index (χ4v) is 0.927. The van der Waals surface area contributed by atoms with Gasteiger partial charge in [0.05, 0.1) is 11.4 Å². The summed E-state index contributed by atoms with van der Waals surface area (Å²) in [5, 5.41) is 7.78. The van der Waals surface area contributed by atoms with E-state index in [1.165, 1.54) is 0 Å². The Morgan fingerprint density at radius 3 is 2.70 bits per heavy atom. The SMILES string of the molecule is CCn1nnc(C)c1CN. The van der Waals surface area contributed by atoms with E-state index in [2.05, 4.69) is 10.3 Å². The summed E-state index contributed by atoms with van der Waals surface area (Å²) in [6.07, 6.45) is 0. The first-order valence-corrected chi connectivity index (χ1v) is 3.38. The Morgan fingerprint density at radius 2 is 2.30 bits per heavy atom. The normalized spacial score (nSPS) is 10.3. The van der Waals surface area contributed by atoms with Crippen molar-refractivity contribution in [3.8, 4) is 0 Å². The maximum absolute atomic E-state index is 5.47. The van der Waals surface area contributed by atoms with Gasteiger partial charge in [0.1, 0.15) is 0 Å². The van der Waals surface area contributed by atoms with Gasteiger partial charge in [0.2, 0.25) is 0 Å². The van der Waals surface area contributed by atoms with E-state index in [1.54, 1.807) is 0 Å². The van der Waals surface area contributed by atoms with Crippen molar-refractivity contribution >= 4 is 0 Å². The van der Waals surface area contributed by atoms with Gasteiger partial charge in [-0.2, -0.15) is 0 Å². The van der Waals surface area contributed by atoms with Gasteiger partial charge in [-0.05, 0) is 13.8 Å². The van der Waals surface area contributed by atoms with Crippen LogP contribution in [0.1, 0.15) is 18.3 Å². The monoisotopic (exact) mass is 140 g/mol. The average molecular weight is 140 g/mol. The quantitative estimate of drug-likeness (QED) is 0.632. The van der Waals surface area contributed by atoms with Gasteiger partial charge < -0.3 is 5.73 Å². The summed E-state index contributed by atoms with van der Waals surface area (Å²) in [5.74, 6) is 0. The lowest BCUT2D eigenvalue weighted by atomic mass is 10.3. The van der Waals surface area contributed by atoms with Crippen molar-refractivity contribution in [3.63, 3.8) is 0 Å². The van der Waals surface area contributed by atoms with E-state index in [0.29, 0.717) is 6.54 Å². The van der Waals surface area contributed by atoms with Crippen molar-refractivity contribution in [2.75, 3.05) is 0 Å². The van der Waals surface area contributed by atoms with Crippen LogP contribution < -0.4 is 5.73 Å². The molecule has 1 aromatic rings. The van der Waals surface area contributed by atoms with Crippen LogP contribution in [-0.4, -0.2) is 15.0 Å². The number of aryl methyl sites for hydroxylation is 2. The van der Waals surface area contributed by atoms with Crippen LogP contribution in [0.3, 0.4) is 0 Å². The third-order valence-electron chi connectivity index (χ3n) is 1.52. The zero-order valence-corrected chi connectivity index (χ0v) is 6.33. The molecular formula is C6H12N4. The summed E-state index contributed by atoms with van der Waals surface area (Å²) >= 11 is 0. The van der Waals surface area contributed by atoms with E-state index in [1.807, 2.05) is 18.5 Å². The minimum Gasteiger partial charge on any atom is -0.325 e. The molecule has 0 atom stereocenters. The van der Waals surface area contributed by atoms with Crippen molar-refractivity contribution in [1.82, 2.24) is 15.0 Å². The molecule has 0 amide bonds. The van der Waals surface area contributed by atoms with Crippen molar-refractivity contribution in [3.05, 3.63) is 11.4 Å². The Kier molecular flexibility index (Phi) is 2.01. The fourth-order valence-electron chi connectivity index (χ4n) is 0.927. The van der Waals surface area contributed by atoms with E-state index >= 15 is 0 Å². The molecule has 1 aromatic heterocycles. The Balaban J connectivity index is 3.01. The second kappa shape index (κ2) is 2.79. The maximum Gasteiger partial charge on any atom is 0.0841 e. The van der Waals surface area contributed by atoms with Gasteiger partial charge in [-0.3, -0.25) is 0 Å². The third kappa shape index (κ3) is 1.02. The predicted molar refractivity (Wildman–Crippen MR) is 38.3 cm³/mol. The number of nitrogens with zero attached hydrogens (tertiary/aromatic N) is 3. The van der Waals surface area contributed by atoms with Gasteiger partial charge in [-0.25, -0.2) is 4.68 Å². The molecule has 0 bridgehead atoms. The van der Waals surface area contributed by atoms with E-state index in [0.717, 1.165) is 17.9 Å². The summed E-state index contributed by atoms with van der Waals surface area (Å²) in [6.45, 7) is 5.30. The lowest BCUT2D eigenvalue weighted by Crippen LogP contribution is -2.08. The number of aromatic nitrogens is 3. The largest absolute Gasteiger partial charge is 0.325 e. The molecule has 0 fully saturated rings. The standard InChI is InChI=1S/C6H12N4/c1-3-10-6(4-7)5(2)8-9-10/h3-4,7H2,1-2H3. The van der Waals surface area contributed by atoms with Gasteiger partial charge in [0.25, 0.3) is 0 Å². The minimum atomic E-state index is 0.521. The molecule has 56 valence electrons. The maximum atomic E-state index is 5.47. The second-order valence-corrected chi connectivity index (χ2v) is 2.14. The first-order chi connectivity index (χ1) is 4.79. The van der Waals surface area contributed by atoms with Crippen molar-refractivity contribution in [2.24, 2.45) is 5.73 Å². The highest BCUT2D eigenvalue weighted by atomic mass is 15.4. The number of hydrogen-bond acceptors (Lipinski definition) is 3. The lowest BCUT2D eigenvalue weighted by molar-refractivity contribution is 0.598. The highest BCUT2D eigenvalue weighted by Crippen LogP contribution is 2.00. The molecule has 0 saturated heterocycles. The number of nitrogens with two attached hydrogens (primary N) is 1. The van der Waals surface area contributed by atoms with Crippen LogP contribution in [0.25, 0.3) is 0 Å². The van der Waals surface area contributed by atoms with Gasteiger partial charge in [-0.15, -0.1) is 5.10 Å². The van der Waals surface area contributed by atoms with Crippen LogP contribution in [0, 0.1) is 6.92 Å². The molecule has 1 heterocycles. The highest BCUT2D eigenvalue weighted by molar-refractivity contribution is 5.06. The minimum absolute atomic E-state index is 0.521. The van der Waals surface area contributed by atoms with E-state index < -0.39 is 0 Å². The average Bonchev–Trinajstić information content (AvgIpc) is 2.30. The van der Waals surface area contributed by atoms with E-state index in [9.17, 15) is 0 Å². The zero-order valence-electron chi connectivity index (χ0n) is 6.33. The lowest BCUT2D eigenvalue weighted by Gasteiger charge is -1.98. The highest BCUT2D eigenvalue weighted by Gasteiger charge is 2.03. The number of hydrogen-bond donors (Lipinski definition) is 1. The molecule has 1 rings (SSSR count). The first-order valence-electron chi connectivity index (χ1n) is 3.38. The summed E-state index contributed by atoms with van der Waals surface area (Å²) < 4.78 is 1.81. The molecule has 0 spiro atoms. The Bertz CT molecular complexity index is 216. The molecule has 0 radical (unpaired) electrons. The van der Waals surface area contributed by atoms with Crippen molar-refractivity contribution < 1.29 is 0 Å². The summed E-state index contributed by atoms with van der Waals surface area (Å²) in [7, 11) is 0. The van der Waals surface area contributed by atoms with Gasteiger partial charge >= 0.3 is 0 Å². The van der Waals surface area contributed by atoms with E-state index in [4.69, 9.17) is 5.73 Å². The van der Waals surface area contributed by atoms with Crippen LogP contribution in [0.2, 0.25) is 0 Å². The summed E-state index contributed by atoms with van der Waals surface area (Å²) in [5.41, 5.74) is 7.44. The van der Waals surface area contributed by atoms with Crippen LogP contribution in [0.4, 0.5) is 0 Å². The molecule has 10 heavy (non-hydrogen) atoms. The molecule has 4 nitrogen and oxygen atoms in total. The molecule has 0 saturated carbocycles. The van der Waals surface area contributed by atoms with Crippen molar-refractivity contribution in [2.45, 2.75) is 26.9 Å². The Labute approximate surface area is 60.0 Å². The van der Waals surface area contributed by atoms with E-state index in [-0.39, 0.29) is 0 Å². The van der Waals surface area contributed by atoms with Crippen molar-refractivity contribution in [1.29, 1.82) is 0 Å². The van der Waals surface area contributed by atoms with Gasteiger partial charge in [-0.1, -0.05) is 5.21 Å². The van der Waals surface area contributed by atoms with Crippen LogP contribution in [-0.2, 0) is 13.1 Å². The molecule has 0 aliphatic heterocycles. The topological polar surface area (TPSA) is 56.7 Å². The van der Waals surface area contributed by atoms with Crippen LogP contribution >= 0.6 is 0 Å². The predicted octanol–water partition coefficient (Wildman–Crippen LogP) is 0.0651. The molecule has 0 aliphatic carbocycles. The smallest absolute Gasteiger partial charge is 0.0841 e. The Hall–Kier alpha value is -0.900. The number of rotatable bonds is 2. The molecule has 4 heteroatoms. The second-order valence-electron chi connectivity index (χ2n) is 2.14. The van der Waals surface area contributed by atoms with Gasteiger partial charge in [0.15, 0.2) is 0 Å². The van der Waals surface area contributed by atoms with Crippen LogP contribution in [0.15, 0.2) is 0 Å². The summed E-state index contributed by atoms with van der Waals surface area (Å²) in [4.78, 5) is 0. The third-order valence-corrected chi connectivity index (χ3v) is 1.52. The van der Waals surface area contributed by atoms with Gasteiger partial charge in [0, 0.05) is 13.1 Å². The van der Waals surface area contributed by atoms with Crippen LogP contribution in [0.5, 0.6) is 0 Å². The fraction of sp³-hybridized carbons (Fsp3) is 0.667. The molecular weight excluding hydrogens is 128 g/mol.